The Balaban J connectivity index is 1.34. The summed E-state index contributed by atoms with van der Waals surface area (Å²) in [6.45, 7) is 7.96. The van der Waals surface area contributed by atoms with Crippen molar-refractivity contribution in [1.82, 2.24) is 5.43 Å². The van der Waals surface area contributed by atoms with Crippen LogP contribution in [0.4, 0.5) is 5.69 Å². The Morgan fingerprint density at radius 2 is 1.86 bits per heavy atom. The third kappa shape index (κ3) is 4.81. The van der Waals surface area contributed by atoms with Gasteiger partial charge in [-0.2, -0.15) is 5.10 Å². The van der Waals surface area contributed by atoms with Gasteiger partial charge >= 0.3 is 0 Å². The van der Waals surface area contributed by atoms with E-state index < -0.39 is 0 Å². The quantitative estimate of drug-likeness (QED) is 0.312. The molecular weight excluding hydrogens is 466 g/mol. The number of nitrogens with zero attached hydrogens (tertiary/aromatic N) is 1. The van der Waals surface area contributed by atoms with Crippen molar-refractivity contribution in [2.24, 2.45) is 5.10 Å². The molecule has 2 aromatic heterocycles. The van der Waals surface area contributed by atoms with Crippen molar-refractivity contribution in [3.8, 4) is 0 Å². The molecule has 0 saturated heterocycles. The molecule has 4 aromatic rings. The normalized spacial score (nSPS) is 14.1. The molecule has 7 nitrogen and oxygen atoms in total. The molecule has 37 heavy (non-hydrogen) atoms. The monoisotopic (exact) mass is 497 g/mol. The number of amides is 2. The van der Waals surface area contributed by atoms with Gasteiger partial charge in [0.15, 0.2) is 5.76 Å². The van der Waals surface area contributed by atoms with Crippen molar-refractivity contribution in [3.05, 3.63) is 87.6 Å². The van der Waals surface area contributed by atoms with E-state index >= 15 is 0 Å². The minimum Gasteiger partial charge on any atom is -0.464 e. The van der Waals surface area contributed by atoms with Crippen LogP contribution in [0.15, 0.2) is 56.6 Å². The molecule has 0 spiro atoms. The average Bonchev–Trinajstić information content (AvgIpc) is 3.44. The number of carbonyl (C=O) groups is 2. The topological polar surface area (TPSA) is 96.8 Å². The molecule has 2 N–H and O–H groups in total. The largest absolute Gasteiger partial charge is 0.464 e. The number of anilines is 1. The van der Waals surface area contributed by atoms with Gasteiger partial charge in [-0.05, 0) is 68.9 Å². The number of carbonyl (C=O) groups excluding carboxylic acids is 2. The standard InChI is InChI=1S/C30H31N3O4/c1-5-20-9-6-7-10-22(20)31-30(35)29-19(4)28-23(11-8-12-24(28)37-29)32-33-26(34)15-21-16-36-25-14-17(2)13-18(3)27(21)25/h6-7,9-10,13-14,16H,5,8,11-12,15H2,1-4H3,(H,31,35)(H,33,34)/b32-23+. The molecule has 0 fully saturated rings. The van der Waals surface area contributed by atoms with Crippen molar-refractivity contribution in [1.29, 1.82) is 0 Å². The molecule has 2 heterocycles. The van der Waals surface area contributed by atoms with Crippen molar-refractivity contribution < 1.29 is 18.4 Å². The van der Waals surface area contributed by atoms with Crippen molar-refractivity contribution in [2.75, 3.05) is 5.32 Å². The highest BCUT2D eigenvalue weighted by molar-refractivity contribution is 6.09. The van der Waals surface area contributed by atoms with E-state index in [1.165, 1.54) is 0 Å². The minimum atomic E-state index is -0.284. The van der Waals surface area contributed by atoms with Gasteiger partial charge in [-0.25, -0.2) is 5.43 Å². The summed E-state index contributed by atoms with van der Waals surface area (Å²) in [5.41, 5.74) is 10.7. The fourth-order valence-electron chi connectivity index (χ4n) is 5.23. The van der Waals surface area contributed by atoms with Crippen LogP contribution < -0.4 is 10.7 Å². The summed E-state index contributed by atoms with van der Waals surface area (Å²) in [5, 5.41) is 8.42. The van der Waals surface area contributed by atoms with E-state index in [-0.39, 0.29) is 24.0 Å². The van der Waals surface area contributed by atoms with Crippen LogP contribution in [0.5, 0.6) is 0 Å². The van der Waals surface area contributed by atoms with E-state index in [1.807, 2.05) is 51.1 Å². The third-order valence-electron chi connectivity index (χ3n) is 6.94. The third-order valence-corrected chi connectivity index (χ3v) is 6.94. The number of rotatable bonds is 6. The molecule has 1 aliphatic rings. The smallest absolute Gasteiger partial charge is 0.291 e. The van der Waals surface area contributed by atoms with E-state index in [0.29, 0.717) is 6.42 Å². The highest BCUT2D eigenvalue weighted by Crippen LogP contribution is 2.31. The first-order chi connectivity index (χ1) is 17.9. The number of fused-ring (bicyclic) bond motifs is 2. The average molecular weight is 498 g/mol. The summed E-state index contributed by atoms with van der Waals surface area (Å²) < 4.78 is 11.7. The second-order valence-corrected chi connectivity index (χ2v) is 9.66. The van der Waals surface area contributed by atoms with Gasteiger partial charge in [-0.3, -0.25) is 9.59 Å². The van der Waals surface area contributed by atoms with Crippen LogP contribution in [0.3, 0.4) is 0 Å². The maximum absolute atomic E-state index is 13.1. The van der Waals surface area contributed by atoms with Crippen LogP contribution >= 0.6 is 0 Å². The zero-order valence-corrected chi connectivity index (χ0v) is 21.7. The lowest BCUT2D eigenvalue weighted by molar-refractivity contribution is -0.120. The second-order valence-electron chi connectivity index (χ2n) is 9.66. The number of furan rings is 2. The zero-order chi connectivity index (χ0) is 26.1. The van der Waals surface area contributed by atoms with Crippen LogP contribution in [0.2, 0.25) is 0 Å². The van der Waals surface area contributed by atoms with Crippen LogP contribution in [0.1, 0.15) is 69.5 Å². The Bertz CT molecular complexity index is 1540. The predicted octanol–water partition coefficient (Wildman–Crippen LogP) is 6.17. The molecule has 2 aromatic carbocycles. The summed E-state index contributed by atoms with van der Waals surface area (Å²) in [5.74, 6) is 0.510. The SMILES string of the molecule is CCc1ccccc1NC(=O)c1oc2c(c1C)/C(=N/NC(=O)Cc1coc3cc(C)cc(C)c13)CCC2. The molecule has 5 rings (SSSR count). The Kier molecular flexibility index (Phi) is 6.70. The molecule has 0 radical (unpaired) electrons. The molecule has 0 atom stereocenters. The van der Waals surface area contributed by atoms with Crippen LogP contribution in [-0.4, -0.2) is 17.5 Å². The van der Waals surface area contributed by atoms with Gasteiger partial charge in [0.25, 0.3) is 5.91 Å². The lowest BCUT2D eigenvalue weighted by atomic mass is 9.93. The van der Waals surface area contributed by atoms with Gasteiger partial charge in [-0.15, -0.1) is 0 Å². The molecular formula is C30H31N3O4. The lowest BCUT2D eigenvalue weighted by Gasteiger charge is -2.13. The highest BCUT2D eigenvalue weighted by atomic mass is 16.4. The number of hydrazone groups is 1. The number of para-hydroxylation sites is 1. The first-order valence-corrected chi connectivity index (χ1v) is 12.7. The number of aryl methyl sites for hydroxylation is 4. The van der Waals surface area contributed by atoms with Gasteiger partial charge in [0.1, 0.15) is 11.3 Å². The molecule has 7 heteroatoms. The summed E-state index contributed by atoms with van der Waals surface area (Å²) in [7, 11) is 0. The predicted molar refractivity (Wildman–Crippen MR) is 144 cm³/mol. The molecule has 1 aliphatic carbocycles. The highest BCUT2D eigenvalue weighted by Gasteiger charge is 2.28. The Labute approximate surface area is 215 Å². The van der Waals surface area contributed by atoms with E-state index in [1.54, 1.807) is 6.26 Å². The lowest BCUT2D eigenvalue weighted by Crippen LogP contribution is -2.23. The maximum Gasteiger partial charge on any atom is 0.291 e. The van der Waals surface area contributed by atoms with Gasteiger partial charge in [0.2, 0.25) is 5.91 Å². The summed E-state index contributed by atoms with van der Waals surface area (Å²) >= 11 is 0. The number of hydrogen-bond acceptors (Lipinski definition) is 5. The molecule has 0 saturated carbocycles. The van der Waals surface area contributed by atoms with Crippen molar-refractivity contribution in [2.45, 2.75) is 59.8 Å². The van der Waals surface area contributed by atoms with Crippen LogP contribution in [0, 0.1) is 20.8 Å². The molecule has 0 unspecified atom stereocenters. The van der Waals surface area contributed by atoms with E-state index in [4.69, 9.17) is 8.83 Å². The summed E-state index contributed by atoms with van der Waals surface area (Å²) in [6.07, 6.45) is 4.87. The molecule has 2 amide bonds. The fraction of sp³-hybridized carbons (Fsp3) is 0.300. The number of nitrogens with one attached hydrogen (secondary N) is 2. The van der Waals surface area contributed by atoms with Crippen LogP contribution in [-0.2, 0) is 24.1 Å². The first-order valence-electron chi connectivity index (χ1n) is 12.7. The Hall–Kier alpha value is -4.13. The maximum atomic E-state index is 13.1. The van der Waals surface area contributed by atoms with Gasteiger partial charge in [0, 0.05) is 34.2 Å². The van der Waals surface area contributed by atoms with E-state index in [2.05, 4.69) is 28.8 Å². The van der Waals surface area contributed by atoms with Gasteiger partial charge in [0.05, 0.1) is 18.4 Å². The van der Waals surface area contributed by atoms with E-state index in [9.17, 15) is 9.59 Å². The van der Waals surface area contributed by atoms with Gasteiger partial charge in [-0.1, -0.05) is 31.2 Å². The second kappa shape index (κ2) is 10.1. The van der Waals surface area contributed by atoms with Gasteiger partial charge < -0.3 is 14.2 Å². The van der Waals surface area contributed by atoms with Crippen molar-refractivity contribution in [3.63, 3.8) is 0 Å². The number of hydrogen-bond donors (Lipinski definition) is 2. The first kappa shape index (κ1) is 24.6. The van der Waals surface area contributed by atoms with Crippen molar-refractivity contribution >= 4 is 34.2 Å². The molecule has 190 valence electrons. The molecule has 0 bridgehead atoms. The zero-order valence-electron chi connectivity index (χ0n) is 21.7. The minimum absolute atomic E-state index is 0.162. The van der Waals surface area contributed by atoms with E-state index in [0.717, 1.165) is 80.8 Å². The summed E-state index contributed by atoms with van der Waals surface area (Å²) in [4.78, 5) is 25.9. The Morgan fingerprint density at radius 3 is 2.68 bits per heavy atom. The Morgan fingerprint density at radius 1 is 1.05 bits per heavy atom. The molecule has 0 aliphatic heterocycles. The summed E-state index contributed by atoms with van der Waals surface area (Å²) in [6, 6.07) is 11.8. The number of benzene rings is 2. The van der Waals surface area contributed by atoms with Crippen LogP contribution in [0.25, 0.3) is 11.0 Å². The fourth-order valence-corrected chi connectivity index (χ4v) is 5.23.